The van der Waals surface area contributed by atoms with Crippen molar-refractivity contribution in [3.63, 3.8) is 0 Å². The molecule has 1 aliphatic rings. The number of benzene rings is 1. The third-order valence-corrected chi connectivity index (χ3v) is 6.98. The van der Waals surface area contributed by atoms with E-state index < -0.39 is 0 Å². The predicted molar refractivity (Wildman–Crippen MR) is 118 cm³/mol. The Morgan fingerprint density at radius 3 is 2.62 bits per heavy atom. The summed E-state index contributed by atoms with van der Waals surface area (Å²) >= 11 is 1.36. The molecule has 0 N–H and O–H groups in total. The molecular weight excluding hydrogens is 382 g/mol. The summed E-state index contributed by atoms with van der Waals surface area (Å²) in [5.74, 6) is 0.814. The summed E-state index contributed by atoms with van der Waals surface area (Å²) in [5.41, 5.74) is 3.16. The highest BCUT2D eigenvalue weighted by Gasteiger charge is 2.24. The van der Waals surface area contributed by atoms with Gasteiger partial charge in [0, 0.05) is 26.6 Å². The van der Waals surface area contributed by atoms with E-state index in [9.17, 15) is 9.59 Å². The number of rotatable bonds is 4. The van der Waals surface area contributed by atoms with Crippen LogP contribution in [-0.2, 0) is 25.9 Å². The van der Waals surface area contributed by atoms with Crippen molar-refractivity contribution in [3.8, 4) is 0 Å². The molecule has 0 spiro atoms. The van der Waals surface area contributed by atoms with Crippen LogP contribution in [0.2, 0.25) is 0 Å². The molecule has 3 heterocycles. The molecule has 5 nitrogen and oxygen atoms in total. The van der Waals surface area contributed by atoms with Crippen LogP contribution in [0.25, 0.3) is 10.2 Å². The Labute approximate surface area is 175 Å². The first-order valence-electron chi connectivity index (χ1n) is 10.4. The fourth-order valence-electron chi connectivity index (χ4n) is 4.01. The van der Waals surface area contributed by atoms with Gasteiger partial charge in [-0.25, -0.2) is 4.98 Å². The Bertz CT molecular complexity index is 1110. The van der Waals surface area contributed by atoms with Crippen LogP contribution in [0.5, 0.6) is 0 Å². The van der Waals surface area contributed by atoms with Crippen molar-refractivity contribution in [3.05, 3.63) is 62.0 Å². The van der Waals surface area contributed by atoms with Crippen LogP contribution in [-0.4, -0.2) is 27.4 Å². The Hall–Kier alpha value is -2.47. The fraction of sp³-hybridized carbons (Fsp3) is 0.435. The minimum absolute atomic E-state index is 0.0116. The van der Waals surface area contributed by atoms with Gasteiger partial charge in [-0.2, -0.15) is 0 Å². The number of thiophene rings is 1. The number of hydrogen-bond donors (Lipinski definition) is 0. The van der Waals surface area contributed by atoms with Gasteiger partial charge in [0.15, 0.2) is 0 Å². The topological polar surface area (TPSA) is 55.2 Å². The molecule has 1 aliphatic heterocycles. The van der Waals surface area contributed by atoms with Gasteiger partial charge >= 0.3 is 0 Å². The van der Waals surface area contributed by atoms with Gasteiger partial charge < -0.3 is 4.90 Å². The third kappa shape index (κ3) is 3.73. The molecule has 29 heavy (non-hydrogen) atoms. The molecule has 0 unspecified atom stereocenters. The normalized spacial score (nSPS) is 13.9. The largest absolute Gasteiger partial charge is 0.337 e. The molecule has 4 rings (SSSR count). The molecule has 6 heteroatoms. The Balaban J connectivity index is 1.66. The molecule has 0 atom stereocenters. The number of hydrogen-bond acceptors (Lipinski definition) is 4. The van der Waals surface area contributed by atoms with E-state index in [1.165, 1.54) is 16.9 Å². The fourth-order valence-corrected chi connectivity index (χ4v) is 5.20. The lowest BCUT2D eigenvalue weighted by molar-refractivity contribution is 0.0789. The van der Waals surface area contributed by atoms with Crippen LogP contribution in [0, 0.1) is 6.92 Å². The monoisotopic (exact) mass is 409 g/mol. The average Bonchev–Trinajstić information content (AvgIpc) is 2.89. The van der Waals surface area contributed by atoms with E-state index in [2.05, 4.69) is 31.2 Å². The van der Waals surface area contributed by atoms with E-state index in [1.54, 1.807) is 4.90 Å². The Morgan fingerprint density at radius 1 is 1.17 bits per heavy atom. The van der Waals surface area contributed by atoms with Crippen LogP contribution in [0.15, 0.2) is 29.1 Å². The zero-order valence-corrected chi connectivity index (χ0v) is 18.1. The standard InChI is InChI=1S/C23H27N3O2S/c1-4-16-9-11-17(12-10-16)14-25(3)23(28)20-15(2)19-21(29-20)24-18-8-6-5-7-13-26(18)22(19)27/h9-12H,4-8,13-14H2,1-3H3. The highest BCUT2D eigenvalue weighted by Crippen LogP contribution is 2.29. The summed E-state index contributed by atoms with van der Waals surface area (Å²) in [6.07, 6.45) is 5.03. The second kappa shape index (κ2) is 8.11. The summed E-state index contributed by atoms with van der Waals surface area (Å²) in [5, 5.41) is 0.615. The summed E-state index contributed by atoms with van der Waals surface area (Å²) < 4.78 is 1.82. The summed E-state index contributed by atoms with van der Waals surface area (Å²) in [6.45, 7) is 5.27. The SMILES string of the molecule is CCc1ccc(CN(C)C(=O)c2sc3nc4n(c(=O)c3c2C)CCCCC4)cc1. The minimum atomic E-state index is -0.0512. The number of aryl methyl sites for hydroxylation is 3. The zero-order chi connectivity index (χ0) is 20.5. The molecule has 0 saturated carbocycles. The lowest BCUT2D eigenvalue weighted by Gasteiger charge is -2.17. The number of carbonyl (C=O) groups is 1. The first-order chi connectivity index (χ1) is 14.0. The lowest BCUT2D eigenvalue weighted by Crippen LogP contribution is -2.26. The van der Waals surface area contributed by atoms with Gasteiger partial charge in [0.1, 0.15) is 10.7 Å². The van der Waals surface area contributed by atoms with Crippen LogP contribution in [0.3, 0.4) is 0 Å². The van der Waals surface area contributed by atoms with Gasteiger partial charge in [0.25, 0.3) is 11.5 Å². The molecule has 0 fully saturated rings. The van der Waals surface area contributed by atoms with Crippen LogP contribution < -0.4 is 5.56 Å². The van der Waals surface area contributed by atoms with Gasteiger partial charge in [-0.05, 0) is 42.9 Å². The number of fused-ring (bicyclic) bond motifs is 2. The number of aromatic nitrogens is 2. The molecule has 2 aromatic heterocycles. The van der Waals surface area contributed by atoms with Gasteiger partial charge in [-0.1, -0.05) is 37.6 Å². The smallest absolute Gasteiger partial charge is 0.264 e. The maximum absolute atomic E-state index is 13.1. The number of nitrogens with zero attached hydrogens (tertiary/aromatic N) is 3. The highest BCUT2D eigenvalue weighted by molar-refractivity contribution is 7.20. The molecule has 0 saturated heterocycles. The van der Waals surface area contributed by atoms with E-state index in [0.717, 1.165) is 55.6 Å². The summed E-state index contributed by atoms with van der Waals surface area (Å²) in [7, 11) is 1.81. The van der Waals surface area contributed by atoms with Crippen molar-refractivity contribution in [2.75, 3.05) is 7.05 Å². The first kappa shape index (κ1) is 19.8. The van der Waals surface area contributed by atoms with Crippen molar-refractivity contribution in [1.82, 2.24) is 14.5 Å². The third-order valence-electron chi connectivity index (χ3n) is 5.80. The van der Waals surface area contributed by atoms with Gasteiger partial charge in [0.2, 0.25) is 0 Å². The molecule has 152 valence electrons. The van der Waals surface area contributed by atoms with E-state index in [1.807, 2.05) is 18.5 Å². The van der Waals surface area contributed by atoms with Crippen molar-refractivity contribution in [2.45, 2.75) is 59.0 Å². The minimum Gasteiger partial charge on any atom is -0.337 e. The second-order valence-electron chi connectivity index (χ2n) is 7.86. The zero-order valence-electron chi connectivity index (χ0n) is 17.3. The van der Waals surface area contributed by atoms with E-state index in [-0.39, 0.29) is 11.5 Å². The van der Waals surface area contributed by atoms with Crippen molar-refractivity contribution >= 4 is 27.5 Å². The highest BCUT2D eigenvalue weighted by atomic mass is 32.1. The molecule has 0 radical (unpaired) electrons. The molecule has 3 aromatic rings. The maximum Gasteiger partial charge on any atom is 0.264 e. The van der Waals surface area contributed by atoms with Crippen molar-refractivity contribution in [2.24, 2.45) is 0 Å². The first-order valence-corrected chi connectivity index (χ1v) is 11.2. The van der Waals surface area contributed by atoms with Gasteiger partial charge in [-0.15, -0.1) is 11.3 Å². The van der Waals surface area contributed by atoms with Crippen LogP contribution in [0.4, 0.5) is 0 Å². The quantitative estimate of drug-likeness (QED) is 0.645. The average molecular weight is 410 g/mol. The van der Waals surface area contributed by atoms with E-state index >= 15 is 0 Å². The Morgan fingerprint density at radius 2 is 1.90 bits per heavy atom. The maximum atomic E-state index is 13.1. The molecular formula is C23H27N3O2S. The summed E-state index contributed by atoms with van der Waals surface area (Å²) in [6, 6.07) is 8.36. The number of amides is 1. The second-order valence-corrected chi connectivity index (χ2v) is 8.86. The molecule has 0 aliphatic carbocycles. The lowest BCUT2D eigenvalue weighted by atomic mass is 10.1. The number of carbonyl (C=O) groups excluding carboxylic acids is 1. The van der Waals surface area contributed by atoms with Crippen LogP contribution >= 0.6 is 11.3 Å². The van der Waals surface area contributed by atoms with E-state index in [0.29, 0.717) is 21.6 Å². The van der Waals surface area contributed by atoms with Crippen LogP contribution in [0.1, 0.15) is 58.4 Å². The summed E-state index contributed by atoms with van der Waals surface area (Å²) in [4.78, 5) is 34.1. The molecule has 1 amide bonds. The Kier molecular flexibility index (Phi) is 5.54. The molecule has 0 bridgehead atoms. The van der Waals surface area contributed by atoms with Gasteiger partial charge in [0.05, 0.1) is 10.3 Å². The van der Waals surface area contributed by atoms with E-state index in [4.69, 9.17) is 4.98 Å². The predicted octanol–water partition coefficient (Wildman–Crippen LogP) is 4.33. The van der Waals surface area contributed by atoms with Crippen molar-refractivity contribution < 1.29 is 4.79 Å². The van der Waals surface area contributed by atoms with Gasteiger partial charge in [-0.3, -0.25) is 14.2 Å². The molecule has 1 aromatic carbocycles. The van der Waals surface area contributed by atoms with Crippen molar-refractivity contribution in [1.29, 1.82) is 0 Å².